The summed E-state index contributed by atoms with van der Waals surface area (Å²) in [5.41, 5.74) is 8.18. The number of nitrogen functional groups attached to an aromatic ring is 1. The predicted octanol–water partition coefficient (Wildman–Crippen LogP) is 3.81. The molecule has 0 aliphatic heterocycles. The van der Waals surface area contributed by atoms with Crippen LogP contribution in [0.15, 0.2) is 24.3 Å². The predicted molar refractivity (Wildman–Crippen MR) is 83.4 cm³/mol. The Hall–Kier alpha value is -1.02. The molecule has 0 saturated heterocycles. The van der Waals surface area contributed by atoms with Crippen molar-refractivity contribution in [2.45, 2.75) is 57.4 Å². The molecule has 106 valence electrons. The number of anilines is 1. The minimum Gasteiger partial charge on any atom is -0.399 e. The van der Waals surface area contributed by atoms with Crippen molar-refractivity contribution in [1.29, 1.82) is 0 Å². The molecule has 0 bridgehead atoms. The lowest BCUT2D eigenvalue weighted by Gasteiger charge is -2.37. The third-order valence-electron chi connectivity index (χ3n) is 4.53. The van der Waals surface area contributed by atoms with Gasteiger partial charge in [-0.25, -0.2) is 0 Å². The number of hydrogen-bond donors (Lipinski definition) is 1. The van der Waals surface area contributed by atoms with E-state index in [0.29, 0.717) is 0 Å². The van der Waals surface area contributed by atoms with Gasteiger partial charge in [-0.3, -0.25) is 0 Å². The average molecular weight is 260 g/mol. The standard InChI is InChI=1S/C17H28N2/c1-17(2,14-9-11-15(18)12-10-14)13-19(3)16-7-5-4-6-8-16/h9-12,16H,4-8,13,18H2,1-3H3. The normalized spacial score (nSPS) is 17.9. The van der Waals surface area contributed by atoms with E-state index in [9.17, 15) is 0 Å². The summed E-state index contributed by atoms with van der Waals surface area (Å²) in [6, 6.07) is 9.14. The molecule has 1 aromatic carbocycles. The Balaban J connectivity index is 2.01. The Morgan fingerprint density at radius 3 is 2.26 bits per heavy atom. The third-order valence-corrected chi connectivity index (χ3v) is 4.53. The van der Waals surface area contributed by atoms with Crippen molar-refractivity contribution < 1.29 is 0 Å². The van der Waals surface area contributed by atoms with Crippen molar-refractivity contribution in [3.63, 3.8) is 0 Å². The van der Waals surface area contributed by atoms with Gasteiger partial charge in [0.1, 0.15) is 0 Å². The number of nitrogens with zero attached hydrogens (tertiary/aromatic N) is 1. The van der Waals surface area contributed by atoms with Crippen LogP contribution in [0.3, 0.4) is 0 Å². The molecule has 0 radical (unpaired) electrons. The molecular formula is C17H28N2. The second-order valence-electron chi connectivity index (χ2n) is 6.71. The summed E-state index contributed by atoms with van der Waals surface area (Å²) in [5, 5.41) is 0. The summed E-state index contributed by atoms with van der Waals surface area (Å²) in [4.78, 5) is 2.56. The molecule has 1 aliphatic carbocycles. The smallest absolute Gasteiger partial charge is 0.0314 e. The molecule has 1 fully saturated rings. The van der Waals surface area contributed by atoms with Crippen LogP contribution in [0.25, 0.3) is 0 Å². The van der Waals surface area contributed by atoms with Crippen LogP contribution in [0.1, 0.15) is 51.5 Å². The van der Waals surface area contributed by atoms with E-state index >= 15 is 0 Å². The molecule has 2 N–H and O–H groups in total. The molecule has 0 spiro atoms. The van der Waals surface area contributed by atoms with Gasteiger partial charge in [-0.1, -0.05) is 45.2 Å². The maximum atomic E-state index is 5.78. The zero-order valence-electron chi connectivity index (χ0n) is 12.7. The Kier molecular flexibility index (Phi) is 4.51. The average Bonchev–Trinajstić information content (AvgIpc) is 2.40. The number of likely N-dealkylation sites (N-methyl/N-ethyl adjacent to an activating group) is 1. The van der Waals surface area contributed by atoms with Crippen molar-refractivity contribution in [3.8, 4) is 0 Å². The van der Waals surface area contributed by atoms with Crippen LogP contribution in [-0.2, 0) is 5.41 Å². The first-order valence-electron chi connectivity index (χ1n) is 7.55. The van der Waals surface area contributed by atoms with E-state index in [0.717, 1.165) is 18.3 Å². The Morgan fingerprint density at radius 1 is 1.11 bits per heavy atom. The van der Waals surface area contributed by atoms with Gasteiger partial charge in [0.2, 0.25) is 0 Å². The molecule has 2 rings (SSSR count). The van der Waals surface area contributed by atoms with Crippen molar-refractivity contribution in [2.75, 3.05) is 19.3 Å². The van der Waals surface area contributed by atoms with Crippen LogP contribution in [0.4, 0.5) is 5.69 Å². The summed E-state index contributed by atoms with van der Waals surface area (Å²) in [6.07, 6.45) is 6.96. The highest BCUT2D eigenvalue weighted by Crippen LogP contribution is 2.28. The van der Waals surface area contributed by atoms with E-state index in [1.54, 1.807) is 0 Å². The topological polar surface area (TPSA) is 29.3 Å². The van der Waals surface area contributed by atoms with Gasteiger partial charge in [-0.15, -0.1) is 0 Å². The van der Waals surface area contributed by atoms with Crippen molar-refractivity contribution in [3.05, 3.63) is 29.8 Å². The highest BCUT2D eigenvalue weighted by molar-refractivity contribution is 5.41. The highest BCUT2D eigenvalue weighted by atomic mass is 15.1. The lowest BCUT2D eigenvalue weighted by molar-refractivity contribution is 0.162. The van der Waals surface area contributed by atoms with Gasteiger partial charge in [0.25, 0.3) is 0 Å². The van der Waals surface area contributed by atoms with Gasteiger partial charge in [-0.2, -0.15) is 0 Å². The molecule has 2 heteroatoms. The Bertz CT molecular complexity index is 388. The second-order valence-corrected chi connectivity index (χ2v) is 6.71. The van der Waals surface area contributed by atoms with E-state index in [2.05, 4.69) is 37.9 Å². The number of nitrogens with two attached hydrogens (primary N) is 1. The van der Waals surface area contributed by atoms with E-state index < -0.39 is 0 Å². The number of benzene rings is 1. The van der Waals surface area contributed by atoms with Crippen LogP contribution in [-0.4, -0.2) is 24.5 Å². The first-order chi connectivity index (χ1) is 8.99. The summed E-state index contributed by atoms with van der Waals surface area (Å²) >= 11 is 0. The van der Waals surface area contributed by atoms with Gasteiger partial charge in [0.15, 0.2) is 0 Å². The largest absolute Gasteiger partial charge is 0.399 e. The molecular weight excluding hydrogens is 232 g/mol. The van der Waals surface area contributed by atoms with Crippen LogP contribution in [0.2, 0.25) is 0 Å². The number of rotatable bonds is 4. The van der Waals surface area contributed by atoms with Crippen molar-refractivity contribution in [1.82, 2.24) is 4.90 Å². The first-order valence-corrected chi connectivity index (χ1v) is 7.55. The molecule has 19 heavy (non-hydrogen) atoms. The zero-order chi connectivity index (χ0) is 13.9. The Labute approximate surface area is 118 Å². The lowest BCUT2D eigenvalue weighted by atomic mass is 9.83. The highest BCUT2D eigenvalue weighted by Gasteiger charge is 2.26. The third kappa shape index (κ3) is 3.73. The summed E-state index contributed by atoms with van der Waals surface area (Å²) in [7, 11) is 2.29. The molecule has 2 nitrogen and oxygen atoms in total. The van der Waals surface area contributed by atoms with Crippen molar-refractivity contribution in [2.24, 2.45) is 0 Å². The number of hydrogen-bond acceptors (Lipinski definition) is 2. The first kappa shape index (κ1) is 14.4. The van der Waals surface area contributed by atoms with Gasteiger partial charge in [-0.05, 0) is 37.6 Å². The summed E-state index contributed by atoms with van der Waals surface area (Å²) < 4.78 is 0. The molecule has 0 aromatic heterocycles. The maximum absolute atomic E-state index is 5.78. The molecule has 1 aliphatic rings. The van der Waals surface area contributed by atoms with Crippen LogP contribution >= 0.6 is 0 Å². The van der Waals surface area contributed by atoms with Crippen LogP contribution in [0, 0.1) is 0 Å². The van der Waals surface area contributed by atoms with E-state index in [1.807, 2.05) is 12.1 Å². The second kappa shape index (κ2) is 5.96. The van der Waals surface area contributed by atoms with E-state index in [-0.39, 0.29) is 5.41 Å². The van der Waals surface area contributed by atoms with Crippen molar-refractivity contribution >= 4 is 5.69 Å². The van der Waals surface area contributed by atoms with Gasteiger partial charge >= 0.3 is 0 Å². The fourth-order valence-corrected chi connectivity index (χ4v) is 3.30. The van der Waals surface area contributed by atoms with Gasteiger partial charge in [0, 0.05) is 23.7 Å². The minimum atomic E-state index is 0.180. The summed E-state index contributed by atoms with van der Waals surface area (Å²) in [5.74, 6) is 0. The van der Waals surface area contributed by atoms with Gasteiger partial charge < -0.3 is 10.6 Å². The molecule has 1 saturated carbocycles. The zero-order valence-corrected chi connectivity index (χ0v) is 12.7. The molecule has 0 atom stereocenters. The SMILES string of the molecule is CN(CC(C)(C)c1ccc(N)cc1)C1CCCCC1. The van der Waals surface area contributed by atoms with Crippen LogP contribution < -0.4 is 5.73 Å². The fourth-order valence-electron chi connectivity index (χ4n) is 3.30. The summed E-state index contributed by atoms with van der Waals surface area (Å²) in [6.45, 7) is 5.78. The van der Waals surface area contributed by atoms with Crippen LogP contribution in [0.5, 0.6) is 0 Å². The maximum Gasteiger partial charge on any atom is 0.0314 e. The lowest BCUT2D eigenvalue weighted by Crippen LogP contribution is -2.41. The molecule has 0 unspecified atom stereocenters. The molecule has 0 amide bonds. The molecule has 0 heterocycles. The minimum absolute atomic E-state index is 0.180. The fraction of sp³-hybridized carbons (Fsp3) is 0.647. The van der Waals surface area contributed by atoms with Gasteiger partial charge in [0.05, 0.1) is 0 Å². The Morgan fingerprint density at radius 2 is 1.68 bits per heavy atom. The quantitative estimate of drug-likeness (QED) is 0.834. The van der Waals surface area contributed by atoms with E-state index in [4.69, 9.17) is 5.73 Å². The molecule has 1 aromatic rings. The monoisotopic (exact) mass is 260 g/mol. The van der Waals surface area contributed by atoms with E-state index in [1.165, 1.54) is 37.7 Å².